The van der Waals surface area contributed by atoms with E-state index in [0.29, 0.717) is 31.3 Å². The summed E-state index contributed by atoms with van der Waals surface area (Å²) >= 11 is 0. The molecule has 2 fully saturated rings. The third-order valence-corrected chi connectivity index (χ3v) is 5.85. The monoisotopic (exact) mass is 387 g/mol. The fraction of sp³-hybridized carbons (Fsp3) is 0.636. The van der Waals surface area contributed by atoms with Crippen molar-refractivity contribution in [1.82, 2.24) is 10.6 Å². The molecule has 2 aliphatic carbocycles. The molecule has 0 aromatic heterocycles. The number of carbonyl (C=O) groups excluding carboxylic acids is 2. The topological polar surface area (TPSA) is 93.5 Å². The van der Waals surface area contributed by atoms with Crippen LogP contribution in [0.15, 0.2) is 24.3 Å². The molecule has 2 saturated carbocycles. The van der Waals surface area contributed by atoms with Crippen LogP contribution in [0.5, 0.6) is 5.75 Å². The zero-order valence-electron chi connectivity index (χ0n) is 16.7. The molecule has 6 nitrogen and oxygen atoms in total. The minimum atomic E-state index is -0.0671. The van der Waals surface area contributed by atoms with Crippen molar-refractivity contribution in [2.75, 3.05) is 19.7 Å². The summed E-state index contributed by atoms with van der Waals surface area (Å²) in [5.74, 6) is 0.720. The van der Waals surface area contributed by atoms with Gasteiger partial charge in [0.25, 0.3) is 5.91 Å². The van der Waals surface area contributed by atoms with Crippen LogP contribution in [-0.2, 0) is 16.0 Å². The van der Waals surface area contributed by atoms with Gasteiger partial charge in [-0.15, -0.1) is 0 Å². The molecule has 1 aromatic carbocycles. The van der Waals surface area contributed by atoms with Gasteiger partial charge < -0.3 is 21.1 Å². The number of amides is 2. The Bertz CT molecular complexity index is 649. The standard InChI is InChI=1S/C22H33N3O3/c23-16-22(11-2-1-3-12-22)14-20(26)24-13-10-17-4-8-19(9-5-17)28-15-21(27)25-18-6-7-18/h4-5,8-9,18H,1-3,6-7,10-16,23H2,(H,24,26)(H,25,27). The molecule has 0 atom stereocenters. The van der Waals surface area contributed by atoms with Crippen molar-refractivity contribution in [2.24, 2.45) is 11.1 Å². The number of nitrogens with two attached hydrogens (primary N) is 1. The summed E-state index contributed by atoms with van der Waals surface area (Å²) < 4.78 is 5.51. The molecule has 3 rings (SSSR count). The van der Waals surface area contributed by atoms with Crippen molar-refractivity contribution >= 4 is 11.8 Å². The molecule has 0 unspecified atom stereocenters. The minimum Gasteiger partial charge on any atom is -0.484 e. The van der Waals surface area contributed by atoms with Crippen molar-refractivity contribution in [2.45, 2.75) is 63.8 Å². The Morgan fingerprint density at radius 1 is 1.07 bits per heavy atom. The zero-order chi connectivity index (χ0) is 19.8. The van der Waals surface area contributed by atoms with E-state index in [0.717, 1.165) is 37.7 Å². The molecule has 28 heavy (non-hydrogen) atoms. The van der Waals surface area contributed by atoms with Crippen LogP contribution in [0, 0.1) is 5.41 Å². The maximum atomic E-state index is 12.3. The summed E-state index contributed by atoms with van der Waals surface area (Å²) in [4.78, 5) is 24.0. The lowest BCUT2D eigenvalue weighted by atomic mass is 9.71. The fourth-order valence-electron chi connectivity index (χ4n) is 3.90. The normalized spacial score (nSPS) is 18.3. The molecule has 6 heteroatoms. The molecule has 0 aliphatic heterocycles. The quantitative estimate of drug-likeness (QED) is 0.574. The first-order valence-corrected chi connectivity index (χ1v) is 10.6. The van der Waals surface area contributed by atoms with Gasteiger partial charge in [-0.05, 0) is 61.8 Å². The molecule has 2 aliphatic rings. The lowest BCUT2D eigenvalue weighted by molar-refractivity contribution is -0.124. The summed E-state index contributed by atoms with van der Waals surface area (Å²) in [6.07, 6.45) is 9.21. The second-order valence-electron chi connectivity index (χ2n) is 8.32. The number of hydrogen-bond acceptors (Lipinski definition) is 4. The highest BCUT2D eigenvalue weighted by atomic mass is 16.5. The van der Waals surface area contributed by atoms with Crippen LogP contribution in [0.3, 0.4) is 0 Å². The SMILES string of the molecule is NCC1(CC(=O)NCCc2ccc(OCC(=O)NC3CC3)cc2)CCCCC1. The van der Waals surface area contributed by atoms with Crippen molar-refractivity contribution in [3.05, 3.63) is 29.8 Å². The number of benzene rings is 1. The molecule has 2 amide bonds. The van der Waals surface area contributed by atoms with Gasteiger partial charge in [-0.3, -0.25) is 9.59 Å². The van der Waals surface area contributed by atoms with E-state index >= 15 is 0 Å². The van der Waals surface area contributed by atoms with E-state index in [1.54, 1.807) is 0 Å². The molecule has 0 bridgehead atoms. The Morgan fingerprint density at radius 3 is 2.43 bits per heavy atom. The molecule has 4 N–H and O–H groups in total. The lowest BCUT2D eigenvalue weighted by Gasteiger charge is -2.35. The van der Waals surface area contributed by atoms with Gasteiger partial charge >= 0.3 is 0 Å². The van der Waals surface area contributed by atoms with Gasteiger partial charge in [0.2, 0.25) is 5.91 Å². The number of rotatable bonds is 10. The van der Waals surface area contributed by atoms with Crippen molar-refractivity contribution < 1.29 is 14.3 Å². The van der Waals surface area contributed by atoms with Gasteiger partial charge in [-0.25, -0.2) is 0 Å². The minimum absolute atomic E-state index is 0.00706. The molecule has 0 saturated heterocycles. The lowest BCUT2D eigenvalue weighted by Crippen LogP contribution is -2.39. The van der Waals surface area contributed by atoms with Crippen LogP contribution < -0.4 is 21.1 Å². The average molecular weight is 388 g/mol. The van der Waals surface area contributed by atoms with Gasteiger partial charge in [-0.1, -0.05) is 31.4 Å². The largest absolute Gasteiger partial charge is 0.484 e. The van der Waals surface area contributed by atoms with Gasteiger partial charge in [0.1, 0.15) is 5.75 Å². The van der Waals surface area contributed by atoms with E-state index < -0.39 is 0 Å². The summed E-state index contributed by atoms with van der Waals surface area (Å²) in [5.41, 5.74) is 7.11. The third kappa shape index (κ3) is 6.51. The predicted molar refractivity (Wildman–Crippen MR) is 109 cm³/mol. The van der Waals surface area contributed by atoms with E-state index in [1.807, 2.05) is 24.3 Å². The Labute approximate surface area is 167 Å². The molecular formula is C22H33N3O3. The zero-order valence-corrected chi connectivity index (χ0v) is 16.7. The van der Waals surface area contributed by atoms with E-state index in [4.69, 9.17) is 10.5 Å². The van der Waals surface area contributed by atoms with Crippen LogP contribution >= 0.6 is 0 Å². The number of ether oxygens (including phenoxy) is 1. The predicted octanol–water partition coefficient (Wildman–Crippen LogP) is 2.30. The highest BCUT2D eigenvalue weighted by Gasteiger charge is 2.32. The Balaban J connectivity index is 1.34. The van der Waals surface area contributed by atoms with Crippen LogP contribution in [-0.4, -0.2) is 37.6 Å². The van der Waals surface area contributed by atoms with Crippen LogP contribution in [0.1, 0.15) is 56.9 Å². The molecule has 154 valence electrons. The molecule has 0 heterocycles. The van der Waals surface area contributed by atoms with Crippen LogP contribution in [0.4, 0.5) is 0 Å². The van der Waals surface area contributed by atoms with E-state index in [-0.39, 0.29) is 23.8 Å². The van der Waals surface area contributed by atoms with Gasteiger partial charge in [0, 0.05) is 19.0 Å². The average Bonchev–Trinajstić information content (AvgIpc) is 3.52. The summed E-state index contributed by atoms with van der Waals surface area (Å²) in [7, 11) is 0. The Kier molecular flexibility index (Phi) is 7.31. The van der Waals surface area contributed by atoms with Gasteiger partial charge in [0.15, 0.2) is 6.61 Å². The number of hydrogen-bond donors (Lipinski definition) is 3. The highest BCUT2D eigenvalue weighted by Crippen LogP contribution is 2.38. The maximum Gasteiger partial charge on any atom is 0.258 e. The Hall–Kier alpha value is -2.08. The first-order valence-electron chi connectivity index (χ1n) is 10.6. The summed E-state index contributed by atoms with van der Waals surface area (Å²) in [6, 6.07) is 8.04. The number of carbonyl (C=O) groups is 2. The second kappa shape index (κ2) is 9.92. The van der Waals surface area contributed by atoms with Gasteiger partial charge in [0.05, 0.1) is 0 Å². The summed E-state index contributed by atoms with van der Waals surface area (Å²) in [5, 5.41) is 5.94. The van der Waals surface area contributed by atoms with Gasteiger partial charge in [-0.2, -0.15) is 0 Å². The fourth-order valence-corrected chi connectivity index (χ4v) is 3.90. The smallest absolute Gasteiger partial charge is 0.258 e. The number of nitrogens with one attached hydrogen (secondary N) is 2. The Morgan fingerprint density at radius 2 is 1.79 bits per heavy atom. The molecule has 1 aromatic rings. The van der Waals surface area contributed by atoms with Crippen molar-refractivity contribution in [1.29, 1.82) is 0 Å². The van der Waals surface area contributed by atoms with Crippen LogP contribution in [0.25, 0.3) is 0 Å². The second-order valence-corrected chi connectivity index (χ2v) is 8.32. The first-order chi connectivity index (χ1) is 13.6. The van der Waals surface area contributed by atoms with Crippen LogP contribution in [0.2, 0.25) is 0 Å². The van der Waals surface area contributed by atoms with E-state index in [9.17, 15) is 9.59 Å². The van der Waals surface area contributed by atoms with Crippen molar-refractivity contribution in [3.8, 4) is 5.75 Å². The highest BCUT2D eigenvalue weighted by molar-refractivity contribution is 5.78. The first kappa shape index (κ1) is 20.6. The summed E-state index contributed by atoms with van der Waals surface area (Å²) in [6.45, 7) is 1.26. The third-order valence-electron chi connectivity index (χ3n) is 5.85. The van der Waals surface area contributed by atoms with E-state index in [2.05, 4.69) is 10.6 Å². The molecule has 0 radical (unpaired) electrons. The molecular weight excluding hydrogens is 354 g/mol. The van der Waals surface area contributed by atoms with Crippen molar-refractivity contribution in [3.63, 3.8) is 0 Å². The molecule has 0 spiro atoms. The maximum absolute atomic E-state index is 12.3. The van der Waals surface area contributed by atoms with E-state index in [1.165, 1.54) is 19.3 Å².